The number of carbonyl (C=O) groups excluding carboxylic acids is 2. The Morgan fingerprint density at radius 3 is 2.59 bits per heavy atom. The van der Waals surface area contributed by atoms with Crippen LogP contribution >= 0.6 is 0 Å². The Morgan fingerprint density at radius 1 is 1.10 bits per heavy atom. The number of pyridine rings is 2. The van der Waals surface area contributed by atoms with Gasteiger partial charge in [0.2, 0.25) is 11.8 Å². The summed E-state index contributed by atoms with van der Waals surface area (Å²) in [6, 6.07) is 11.4. The van der Waals surface area contributed by atoms with Crippen molar-refractivity contribution in [1.29, 1.82) is 0 Å². The number of rotatable bonds is 5. The summed E-state index contributed by atoms with van der Waals surface area (Å²) in [5.74, 6) is 2.04. The molecule has 2 saturated heterocycles. The molecule has 7 heteroatoms. The molecule has 4 heterocycles. The molecule has 2 aliphatic heterocycles. The second-order valence-corrected chi connectivity index (χ2v) is 7.75. The van der Waals surface area contributed by atoms with Crippen molar-refractivity contribution < 1.29 is 9.59 Å². The van der Waals surface area contributed by atoms with Gasteiger partial charge in [-0.15, -0.1) is 0 Å². The minimum atomic E-state index is -0.356. The van der Waals surface area contributed by atoms with Crippen LogP contribution in [0.2, 0.25) is 0 Å². The largest absolute Gasteiger partial charge is 0.341 e. The van der Waals surface area contributed by atoms with Crippen LogP contribution in [0.25, 0.3) is 0 Å². The molecule has 1 N–H and O–H groups in total. The number of amides is 2. The number of hydrogen-bond acceptors (Lipinski definition) is 5. The maximum atomic E-state index is 12.8. The summed E-state index contributed by atoms with van der Waals surface area (Å²) < 4.78 is 0. The van der Waals surface area contributed by atoms with Crippen LogP contribution in [0.3, 0.4) is 0 Å². The van der Waals surface area contributed by atoms with Crippen molar-refractivity contribution in [3.05, 3.63) is 48.3 Å². The molecule has 0 spiro atoms. The van der Waals surface area contributed by atoms with E-state index >= 15 is 0 Å². The molecule has 29 heavy (non-hydrogen) atoms. The summed E-state index contributed by atoms with van der Waals surface area (Å²) in [7, 11) is 0. The Hall–Kier alpha value is -2.96. The van der Waals surface area contributed by atoms with E-state index < -0.39 is 0 Å². The first-order chi connectivity index (χ1) is 14.1. The highest BCUT2D eigenvalue weighted by molar-refractivity contribution is 5.88. The molecule has 0 aliphatic carbocycles. The number of piperidine rings is 1. The predicted octanol–water partition coefficient (Wildman–Crippen LogP) is 2.94. The molecule has 1 atom stereocenters. The van der Waals surface area contributed by atoms with E-state index in [0.717, 1.165) is 36.6 Å². The van der Waals surface area contributed by atoms with Gasteiger partial charge in [-0.25, -0.2) is 9.97 Å². The minimum absolute atomic E-state index is 0.0669. The van der Waals surface area contributed by atoms with Crippen LogP contribution in [-0.4, -0.2) is 57.3 Å². The Kier molecular flexibility index (Phi) is 5.74. The van der Waals surface area contributed by atoms with Gasteiger partial charge >= 0.3 is 0 Å². The Bertz CT molecular complexity index is 865. The van der Waals surface area contributed by atoms with Gasteiger partial charge in [-0.3, -0.25) is 9.59 Å². The maximum absolute atomic E-state index is 12.8. The van der Waals surface area contributed by atoms with Crippen molar-refractivity contribution >= 4 is 23.5 Å². The number of nitrogens with zero attached hydrogens (tertiary/aromatic N) is 4. The minimum Gasteiger partial charge on any atom is -0.341 e. The Balaban J connectivity index is 1.35. The lowest BCUT2D eigenvalue weighted by molar-refractivity contribution is -0.143. The lowest BCUT2D eigenvalue weighted by Crippen LogP contribution is -2.49. The van der Waals surface area contributed by atoms with E-state index in [-0.39, 0.29) is 17.9 Å². The second kappa shape index (κ2) is 8.59. The third kappa shape index (κ3) is 4.39. The zero-order valence-corrected chi connectivity index (χ0v) is 16.8. The van der Waals surface area contributed by atoms with E-state index in [9.17, 15) is 9.59 Å². The van der Waals surface area contributed by atoms with Gasteiger partial charge in [-0.05, 0) is 50.5 Å². The molecule has 4 rings (SSSR count). The van der Waals surface area contributed by atoms with E-state index in [1.165, 1.54) is 0 Å². The van der Waals surface area contributed by atoms with Gasteiger partial charge in [0.1, 0.15) is 17.7 Å². The first-order valence-electron chi connectivity index (χ1n) is 10.3. The van der Waals surface area contributed by atoms with Crippen LogP contribution in [0, 0.1) is 0 Å². The fourth-order valence-corrected chi connectivity index (χ4v) is 4.19. The van der Waals surface area contributed by atoms with Crippen molar-refractivity contribution in [2.75, 3.05) is 25.0 Å². The molecule has 0 unspecified atom stereocenters. The van der Waals surface area contributed by atoms with Gasteiger partial charge in [-0.1, -0.05) is 12.1 Å². The van der Waals surface area contributed by atoms with Gasteiger partial charge in [0.05, 0.1) is 0 Å². The third-order valence-corrected chi connectivity index (χ3v) is 5.85. The smallest absolute Gasteiger partial charge is 0.245 e. The van der Waals surface area contributed by atoms with E-state index in [1.807, 2.05) is 42.2 Å². The second-order valence-electron chi connectivity index (χ2n) is 7.75. The van der Waals surface area contributed by atoms with E-state index in [4.69, 9.17) is 4.98 Å². The van der Waals surface area contributed by atoms with Crippen LogP contribution in [-0.2, 0) is 9.59 Å². The lowest BCUT2D eigenvalue weighted by Gasteiger charge is -2.35. The summed E-state index contributed by atoms with van der Waals surface area (Å²) in [6.45, 7) is 3.96. The predicted molar refractivity (Wildman–Crippen MR) is 111 cm³/mol. The number of anilines is 2. The fourth-order valence-electron chi connectivity index (χ4n) is 4.19. The molecule has 2 fully saturated rings. The van der Waals surface area contributed by atoms with Crippen LogP contribution in [0.4, 0.5) is 11.6 Å². The number of aromatic nitrogens is 2. The summed E-state index contributed by atoms with van der Waals surface area (Å²) in [6.07, 6.45) is 4.93. The molecule has 0 bridgehead atoms. The summed E-state index contributed by atoms with van der Waals surface area (Å²) in [4.78, 5) is 37.4. The first kappa shape index (κ1) is 19.4. The van der Waals surface area contributed by atoms with Crippen LogP contribution < -0.4 is 5.32 Å². The third-order valence-electron chi connectivity index (χ3n) is 5.85. The van der Waals surface area contributed by atoms with Crippen molar-refractivity contribution in [2.24, 2.45) is 0 Å². The maximum Gasteiger partial charge on any atom is 0.245 e. The van der Waals surface area contributed by atoms with E-state index in [1.54, 1.807) is 11.1 Å². The number of likely N-dealkylation sites (tertiary alicyclic amines) is 2. The molecule has 2 aromatic heterocycles. The average Bonchev–Trinajstić information content (AvgIpc) is 3.19. The van der Waals surface area contributed by atoms with E-state index in [2.05, 4.69) is 16.4 Å². The molecular formula is C22H27N5O2. The zero-order chi connectivity index (χ0) is 20.2. The summed E-state index contributed by atoms with van der Waals surface area (Å²) in [5, 5.41) is 3.24. The average molecular weight is 393 g/mol. The van der Waals surface area contributed by atoms with Crippen molar-refractivity contribution in [2.45, 2.75) is 44.6 Å². The highest BCUT2D eigenvalue weighted by atomic mass is 16.2. The summed E-state index contributed by atoms with van der Waals surface area (Å²) in [5.41, 5.74) is 1.04. The van der Waals surface area contributed by atoms with Gasteiger partial charge in [-0.2, -0.15) is 0 Å². The van der Waals surface area contributed by atoms with E-state index in [0.29, 0.717) is 32.0 Å². The highest BCUT2D eigenvalue weighted by Gasteiger charge is 2.33. The normalized spacial score (nSPS) is 18.7. The Morgan fingerprint density at radius 2 is 1.90 bits per heavy atom. The number of nitrogens with one attached hydrogen (secondary N) is 1. The monoisotopic (exact) mass is 393 g/mol. The topological polar surface area (TPSA) is 78.4 Å². The zero-order valence-electron chi connectivity index (χ0n) is 16.8. The van der Waals surface area contributed by atoms with Gasteiger partial charge in [0, 0.05) is 43.9 Å². The molecule has 0 saturated carbocycles. The van der Waals surface area contributed by atoms with Crippen molar-refractivity contribution in [3.63, 3.8) is 0 Å². The standard InChI is InChI=1S/C22H27N5O2/c1-16(27-13-5-9-21(27)28)22(29)26-14-10-17(11-15-26)18-6-4-8-20(24-18)25-19-7-2-3-12-23-19/h2-4,6-8,12,16-17H,5,9-11,13-15H2,1H3,(H,23,24,25)/t16-/m1/s1. The fraction of sp³-hybridized carbons (Fsp3) is 0.455. The Labute approximate surface area is 171 Å². The van der Waals surface area contributed by atoms with Crippen LogP contribution in [0.1, 0.15) is 44.2 Å². The molecule has 0 radical (unpaired) electrons. The van der Waals surface area contributed by atoms with Gasteiger partial charge in [0.25, 0.3) is 0 Å². The molecule has 2 aliphatic rings. The van der Waals surface area contributed by atoms with Gasteiger partial charge < -0.3 is 15.1 Å². The van der Waals surface area contributed by atoms with Crippen molar-refractivity contribution in [1.82, 2.24) is 19.8 Å². The SMILES string of the molecule is C[C@H](C(=O)N1CCC(c2cccc(Nc3ccccn3)n2)CC1)N1CCCC1=O. The quantitative estimate of drug-likeness (QED) is 0.845. The molecule has 152 valence electrons. The van der Waals surface area contributed by atoms with Crippen molar-refractivity contribution in [3.8, 4) is 0 Å². The number of carbonyl (C=O) groups is 2. The van der Waals surface area contributed by atoms with Crippen LogP contribution in [0.15, 0.2) is 42.6 Å². The number of hydrogen-bond donors (Lipinski definition) is 1. The molecular weight excluding hydrogens is 366 g/mol. The molecule has 0 aromatic carbocycles. The summed E-state index contributed by atoms with van der Waals surface area (Å²) >= 11 is 0. The highest BCUT2D eigenvalue weighted by Crippen LogP contribution is 2.28. The van der Waals surface area contributed by atoms with Crippen LogP contribution in [0.5, 0.6) is 0 Å². The van der Waals surface area contributed by atoms with Gasteiger partial charge in [0.15, 0.2) is 0 Å². The first-order valence-corrected chi connectivity index (χ1v) is 10.3. The molecule has 2 amide bonds. The molecule has 7 nitrogen and oxygen atoms in total. The lowest BCUT2D eigenvalue weighted by atomic mass is 9.92. The molecule has 2 aromatic rings.